The van der Waals surface area contributed by atoms with Gasteiger partial charge in [-0.05, 0) is 56.2 Å². The molecule has 170 valence electrons. The van der Waals surface area contributed by atoms with Crippen molar-refractivity contribution in [3.05, 3.63) is 54.1 Å². The standard InChI is InChI=1S/C25H31N3O4/c1-3-17-32-20-12-10-19(11-13-20)23(29)14-15-24(30)27-25-26-21-8-5-6-9-22(21)28(25)16-7-18-31-4-2/h5-6,8-13H,3-4,7,14-18H2,1-2H3,(H,26,27,30). The zero-order valence-corrected chi connectivity index (χ0v) is 18.8. The van der Waals surface area contributed by atoms with Gasteiger partial charge in [-0.2, -0.15) is 0 Å². The minimum atomic E-state index is -0.234. The van der Waals surface area contributed by atoms with Gasteiger partial charge in [-0.1, -0.05) is 19.1 Å². The summed E-state index contributed by atoms with van der Waals surface area (Å²) in [5.74, 6) is 0.928. The summed E-state index contributed by atoms with van der Waals surface area (Å²) >= 11 is 0. The van der Waals surface area contributed by atoms with Crippen LogP contribution >= 0.6 is 0 Å². The fraction of sp³-hybridized carbons (Fsp3) is 0.400. The fourth-order valence-corrected chi connectivity index (χ4v) is 3.38. The summed E-state index contributed by atoms with van der Waals surface area (Å²) in [6.45, 7) is 6.66. The highest BCUT2D eigenvalue weighted by atomic mass is 16.5. The summed E-state index contributed by atoms with van der Waals surface area (Å²) in [6, 6.07) is 14.8. The van der Waals surface area contributed by atoms with E-state index in [0.29, 0.717) is 37.9 Å². The third-order valence-corrected chi connectivity index (χ3v) is 5.01. The zero-order valence-electron chi connectivity index (χ0n) is 18.8. The van der Waals surface area contributed by atoms with Crippen molar-refractivity contribution in [3.8, 4) is 5.75 Å². The topological polar surface area (TPSA) is 82.5 Å². The summed E-state index contributed by atoms with van der Waals surface area (Å²) in [5.41, 5.74) is 2.35. The predicted octanol–water partition coefficient (Wildman–Crippen LogP) is 4.85. The van der Waals surface area contributed by atoms with Gasteiger partial charge in [0.15, 0.2) is 5.78 Å². The third kappa shape index (κ3) is 6.40. The molecule has 0 atom stereocenters. The molecule has 0 saturated heterocycles. The van der Waals surface area contributed by atoms with Crippen LogP contribution in [0, 0.1) is 0 Å². The third-order valence-electron chi connectivity index (χ3n) is 5.01. The van der Waals surface area contributed by atoms with Crippen molar-refractivity contribution in [1.29, 1.82) is 0 Å². The number of carbonyl (C=O) groups excluding carboxylic acids is 2. The number of anilines is 1. The fourth-order valence-electron chi connectivity index (χ4n) is 3.38. The van der Waals surface area contributed by atoms with Crippen LogP contribution < -0.4 is 10.1 Å². The second-order valence-electron chi connectivity index (χ2n) is 7.47. The lowest BCUT2D eigenvalue weighted by molar-refractivity contribution is -0.116. The van der Waals surface area contributed by atoms with Crippen molar-refractivity contribution in [1.82, 2.24) is 9.55 Å². The Labute approximate surface area is 188 Å². The molecule has 0 spiro atoms. The van der Waals surface area contributed by atoms with Crippen LogP contribution in [0.5, 0.6) is 5.75 Å². The molecule has 0 saturated carbocycles. The van der Waals surface area contributed by atoms with Crippen LogP contribution in [0.2, 0.25) is 0 Å². The Morgan fingerprint density at radius 1 is 1.00 bits per heavy atom. The highest BCUT2D eigenvalue weighted by Gasteiger charge is 2.15. The molecule has 3 aromatic rings. The van der Waals surface area contributed by atoms with Crippen LogP contribution in [0.25, 0.3) is 11.0 Å². The summed E-state index contributed by atoms with van der Waals surface area (Å²) in [5, 5.41) is 2.88. The summed E-state index contributed by atoms with van der Waals surface area (Å²) in [7, 11) is 0. The number of carbonyl (C=O) groups is 2. The molecule has 1 amide bonds. The van der Waals surface area contributed by atoms with Crippen LogP contribution in [-0.2, 0) is 16.1 Å². The number of aryl methyl sites for hydroxylation is 1. The van der Waals surface area contributed by atoms with Gasteiger partial charge in [0.05, 0.1) is 17.6 Å². The number of ether oxygens (including phenoxy) is 2. The highest BCUT2D eigenvalue weighted by molar-refractivity contribution is 6.00. The molecule has 0 unspecified atom stereocenters. The van der Waals surface area contributed by atoms with E-state index in [1.807, 2.05) is 42.7 Å². The van der Waals surface area contributed by atoms with Gasteiger partial charge >= 0.3 is 0 Å². The quantitative estimate of drug-likeness (QED) is 0.305. The molecule has 0 aliphatic heterocycles. The van der Waals surface area contributed by atoms with Crippen LogP contribution in [0.15, 0.2) is 48.5 Å². The van der Waals surface area contributed by atoms with E-state index in [-0.39, 0.29) is 24.5 Å². The lowest BCUT2D eigenvalue weighted by Crippen LogP contribution is -2.17. The van der Waals surface area contributed by atoms with E-state index < -0.39 is 0 Å². The Morgan fingerprint density at radius 2 is 1.78 bits per heavy atom. The van der Waals surface area contributed by atoms with Crippen molar-refractivity contribution in [2.24, 2.45) is 0 Å². The predicted molar refractivity (Wildman–Crippen MR) is 125 cm³/mol. The molecule has 7 heteroatoms. The molecule has 2 aromatic carbocycles. The Kier molecular flexibility index (Phi) is 8.80. The van der Waals surface area contributed by atoms with Gasteiger partial charge in [-0.3, -0.25) is 14.9 Å². The summed E-state index contributed by atoms with van der Waals surface area (Å²) < 4.78 is 13.0. The summed E-state index contributed by atoms with van der Waals surface area (Å²) in [6.07, 6.45) is 1.96. The Bertz CT molecular complexity index is 1030. The van der Waals surface area contributed by atoms with E-state index in [1.54, 1.807) is 24.3 Å². The maximum atomic E-state index is 12.6. The summed E-state index contributed by atoms with van der Waals surface area (Å²) in [4.78, 5) is 29.6. The largest absolute Gasteiger partial charge is 0.494 e. The smallest absolute Gasteiger partial charge is 0.227 e. The van der Waals surface area contributed by atoms with E-state index in [2.05, 4.69) is 10.3 Å². The molecule has 0 radical (unpaired) electrons. The maximum Gasteiger partial charge on any atom is 0.227 e. The second-order valence-corrected chi connectivity index (χ2v) is 7.47. The maximum absolute atomic E-state index is 12.6. The Hall–Kier alpha value is -3.19. The van der Waals surface area contributed by atoms with Crippen LogP contribution in [-0.4, -0.2) is 41.1 Å². The van der Waals surface area contributed by atoms with Crippen molar-refractivity contribution in [2.75, 3.05) is 25.1 Å². The van der Waals surface area contributed by atoms with Crippen molar-refractivity contribution in [2.45, 2.75) is 46.1 Å². The normalized spacial score (nSPS) is 10.9. The average molecular weight is 438 g/mol. The average Bonchev–Trinajstić information content (AvgIpc) is 3.16. The molecule has 0 aliphatic rings. The highest BCUT2D eigenvalue weighted by Crippen LogP contribution is 2.21. The number of hydrogen-bond acceptors (Lipinski definition) is 5. The second kappa shape index (κ2) is 12.0. The Balaban J connectivity index is 1.58. The van der Waals surface area contributed by atoms with Gasteiger partial charge in [0.2, 0.25) is 11.9 Å². The number of hydrogen-bond donors (Lipinski definition) is 1. The molecule has 0 fully saturated rings. The number of nitrogens with zero attached hydrogens (tertiary/aromatic N) is 2. The number of para-hydroxylation sites is 2. The molecule has 1 N–H and O–H groups in total. The lowest BCUT2D eigenvalue weighted by atomic mass is 10.1. The molecule has 0 aliphatic carbocycles. The number of ketones is 1. The zero-order chi connectivity index (χ0) is 22.8. The monoisotopic (exact) mass is 437 g/mol. The van der Waals surface area contributed by atoms with Gasteiger partial charge in [-0.25, -0.2) is 4.98 Å². The molecule has 0 bridgehead atoms. The molecule has 1 heterocycles. The van der Waals surface area contributed by atoms with Gasteiger partial charge in [0, 0.05) is 38.2 Å². The minimum Gasteiger partial charge on any atom is -0.494 e. The number of aromatic nitrogens is 2. The molecule has 7 nitrogen and oxygen atoms in total. The first-order valence-corrected chi connectivity index (χ1v) is 11.2. The number of imidazole rings is 1. The number of Topliss-reactive ketones (excluding diaryl/α,β-unsaturated/α-hetero) is 1. The van der Waals surface area contributed by atoms with Crippen molar-refractivity contribution in [3.63, 3.8) is 0 Å². The number of fused-ring (bicyclic) bond motifs is 1. The van der Waals surface area contributed by atoms with Gasteiger partial charge in [0.25, 0.3) is 0 Å². The first-order valence-electron chi connectivity index (χ1n) is 11.2. The minimum absolute atomic E-state index is 0.0765. The van der Waals surface area contributed by atoms with E-state index in [0.717, 1.165) is 29.6 Å². The lowest BCUT2D eigenvalue weighted by Gasteiger charge is -2.10. The van der Waals surface area contributed by atoms with E-state index >= 15 is 0 Å². The number of benzene rings is 2. The van der Waals surface area contributed by atoms with Gasteiger partial charge in [0.1, 0.15) is 5.75 Å². The van der Waals surface area contributed by atoms with E-state index in [4.69, 9.17) is 9.47 Å². The van der Waals surface area contributed by atoms with E-state index in [1.165, 1.54) is 0 Å². The molecule has 32 heavy (non-hydrogen) atoms. The SMILES string of the molecule is CCCOc1ccc(C(=O)CCC(=O)Nc2nc3ccccc3n2CCCOCC)cc1. The van der Waals surface area contributed by atoms with E-state index in [9.17, 15) is 9.59 Å². The van der Waals surface area contributed by atoms with Gasteiger partial charge < -0.3 is 14.0 Å². The van der Waals surface area contributed by atoms with Crippen LogP contribution in [0.1, 0.15) is 49.9 Å². The molecule has 1 aromatic heterocycles. The van der Waals surface area contributed by atoms with Crippen molar-refractivity contribution < 1.29 is 19.1 Å². The van der Waals surface area contributed by atoms with Crippen LogP contribution in [0.3, 0.4) is 0 Å². The first-order chi connectivity index (χ1) is 15.6. The molecular weight excluding hydrogens is 406 g/mol. The van der Waals surface area contributed by atoms with Crippen molar-refractivity contribution >= 4 is 28.7 Å². The first kappa shape index (κ1) is 23.5. The molecular formula is C25H31N3O4. The Morgan fingerprint density at radius 3 is 2.53 bits per heavy atom. The molecule has 3 rings (SSSR count). The number of nitrogens with one attached hydrogen (secondary N) is 1. The number of rotatable bonds is 13. The van der Waals surface area contributed by atoms with Crippen LogP contribution in [0.4, 0.5) is 5.95 Å². The number of amides is 1. The van der Waals surface area contributed by atoms with Gasteiger partial charge in [-0.15, -0.1) is 0 Å².